The van der Waals surface area contributed by atoms with Gasteiger partial charge in [-0.3, -0.25) is 19.2 Å². The second-order valence-corrected chi connectivity index (χ2v) is 7.54. The minimum absolute atomic E-state index is 0.114. The fraction of sp³-hybridized carbons (Fsp3) is 0.722. The molecule has 0 bridgehead atoms. The van der Waals surface area contributed by atoms with Crippen LogP contribution in [0.15, 0.2) is 0 Å². The van der Waals surface area contributed by atoms with Crippen molar-refractivity contribution >= 4 is 29.7 Å². The van der Waals surface area contributed by atoms with Crippen LogP contribution >= 0.6 is 0 Å². The zero-order valence-electron chi connectivity index (χ0n) is 17.0. The van der Waals surface area contributed by atoms with Crippen molar-refractivity contribution in [1.29, 1.82) is 0 Å². The van der Waals surface area contributed by atoms with E-state index in [2.05, 4.69) is 10.6 Å². The van der Waals surface area contributed by atoms with Gasteiger partial charge in [-0.15, -0.1) is 0 Å². The Morgan fingerprint density at radius 1 is 1.10 bits per heavy atom. The van der Waals surface area contributed by atoms with E-state index in [-0.39, 0.29) is 25.8 Å². The standard InChI is InChI=1S/C18H30N4O8/c1-9(2)14(21-15(26)10(19)5-6-13(24)25)16(27)20-11(8-23)17(28)22-7-3-4-12(22)18(29)30/h9-12,14,23H,3-8,19H2,1-2H3,(H,20,27)(H,21,26)(H,24,25)(H,29,30). The smallest absolute Gasteiger partial charge is 0.326 e. The van der Waals surface area contributed by atoms with Gasteiger partial charge in [-0.2, -0.15) is 0 Å². The number of aliphatic hydroxyl groups is 1. The quantitative estimate of drug-likeness (QED) is 0.212. The number of aliphatic hydroxyl groups excluding tert-OH is 1. The lowest BCUT2D eigenvalue weighted by Gasteiger charge is -2.29. The average molecular weight is 430 g/mol. The molecule has 170 valence electrons. The minimum Gasteiger partial charge on any atom is -0.481 e. The van der Waals surface area contributed by atoms with E-state index < -0.39 is 66.4 Å². The van der Waals surface area contributed by atoms with Crippen LogP contribution < -0.4 is 16.4 Å². The fourth-order valence-electron chi connectivity index (χ4n) is 3.14. The molecule has 0 saturated carbocycles. The number of carbonyl (C=O) groups is 5. The van der Waals surface area contributed by atoms with Gasteiger partial charge in [0.1, 0.15) is 18.1 Å². The van der Waals surface area contributed by atoms with Gasteiger partial charge < -0.3 is 36.6 Å². The molecule has 4 unspecified atom stereocenters. The molecule has 0 aromatic heterocycles. The van der Waals surface area contributed by atoms with E-state index in [4.69, 9.17) is 10.8 Å². The van der Waals surface area contributed by atoms with Crippen LogP contribution in [0.4, 0.5) is 0 Å². The first-order valence-corrected chi connectivity index (χ1v) is 9.71. The Labute approximate surface area is 173 Å². The van der Waals surface area contributed by atoms with Crippen LogP contribution in [0.25, 0.3) is 0 Å². The first-order valence-electron chi connectivity index (χ1n) is 9.71. The molecule has 0 spiro atoms. The van der Waals surface area contributed by atoms with Crippen LogP contribution in [0.1, 0.15) is 39.5 Å². The summed E-state index contributed by atoms with van der Waals surface area (Å²) in [5.41, 5.74) is 5.65. The van der Waals surface area contributed by atoms with Crippen LogP contribution in [0.5, 0.6) is 0 Å². The maximum atomic E-state index is 12.7. The van der Waals surface area contributed by atoms with E-state index in [1.54, 1.807) is 13.8 Å². The molecule has 0 aromatic carbocycles. The van der Waals surface area contributed by atoms with Crippen LogP contribution in [-0.4, -0.2) is 87.2 Å². The van der Waals surface area contributed by atoms with E-state index >= 15 is 0 Å². The van der Waals surface area contributed by atoms with Crippen LogP contribution in [0, 0.1) is 5.92 Å². The summed E-state index contributed by atoms with van der Waals surface area (Å²) in [5, 5.41) is 32.3. The topological polar surface area (TPSA) is 199 Å². The van der Waals surface area contributed by atoms with Gasteiger partial charge in [0, 0.05) is 13.0 Å². The van der Waals surface area contributed by atoms with Crippen molar-refractivity contribution in [1.82, 2.24) is 15.5 Å². The lowest BCUT2D eigenvalue weighted by molar-refractivity contribution is -0.150. The molecule has 12 heteroatoms. The Balaban J connectivity index is 2.80. The molecule has 1 heterocycles. The Kier molecular flexibility index (Phi) is 9.66. The second kappa shape index (κ2) is 11.5. The minimum atomic E-state index is -1.36. The highest BCUT2D eigenvalue weighted by molar-refractivity contribution is 5.94. The zero-order chi connectivity index (χ0) is 23.0. The molecule has 1 rings (SSSR count). The van der Waals surface area contributed by atoms with E-state index in [1.165, 1.54) is 0 Å². The van der Waals surface area contributed by atoms with Gasteiger partial charge in [0.15, 0.2) is 0 Å². The van der Waals surface area contributed by atoms with Gasteiger partial charge in [-0.25, -0.2) is 4.79 Å². The normalized spacial score (nSPS) is 19.1. The molecule has 0 radical (unpaired) electrons. The van der Waals surface area contributed by atoms with Crippen LogP contribution in [0.3, 0.4) is 0 Å². The maximum Gasteiger partial charge on any atom is 0.326 e. The molecule has 1 aliphatic rings. The lowest BCUT2D eigenvalue weighted by Crippen LogP contribution is -2.59. The van der Waals surface area contributed by atoms with E-state index in [0.717, 1.165) is 4.90 Å². The average Bonchev–Trinajstić information content (AvgIpc) is 3.17. The maximum absolute atomic E-state index is 12.7. The molecule has 1 aliphatic heterocycles. The first-order chi connectivity index (χ1) is 14.0. The van der Waals surface area contributed by atoms with Crippen molar-refractivity contribution in [2.24, 2.45) is 11.7 Å². The molecule has 0 aromatic rings. The van der Waals surface area contributed by atoms with Gasteiger partial charge in [0.25, 0.3) is 0 Å². The SMILES string of the molecule is CC(C)C(NC(=O)C(N)CCC(=O)O)C(=O)NC(CO)C(=O)N1CCCC1C(=O)O. The summed E-state index contributed by atoms with van der Waals surface area (Å²) in [7, 11) is 0. The lowest BCUT2D eigenvalue weighted by atomic mass is 10.0. The summed E-state index contributed by atoms with van der Waals surface area (Å²) >= 11 is 0. The molecular weight excluding hydrogens is 400 g/mol. The summed E-state index contributed by atoms with van der Waals surface area (Å²) in [5.74, 6) is -4.87. The highest BCUT2D eigenvalue weighted by Crippen LogP contribution is 2.18. The monoisotopic (exact) mass is 430 g/mol. The van der Waals surface area contributed by atoms with Gasteiger partial charge in [-0.05, 0) is 25.2 Å². The number of hydrogen-bond acceptors (Lipinski definition) is 7. The number of aliphatic carboxylic acids is 2. The number of nitrogens with one attached hydrogen (secondary N) is 2. The Morgan fingerprint density at radius 2 is 1.73 bits per heavy atom. The summed E-state index contributed by atoms with van der Waals surface area (Å²) < 4.78 is 0. The molecule has 12 nitrogen and oxygen atoms in total. The van der Waals surface area contributed by atoms with Gasteiger partial charge in [0.2, 0.25) is 17.7 Å². The third kappa shape index (κ3) is 6.95. The largest absolute Gasteiger partial charge is 0.481 e. The molecule has 7 N–H and O–H groups in total. The number of carbonyl (C=O) groups excluding carboxylic acids is 3. The van der Waals surface area contributed by atoms with Crippen LogP contribution in [0.2, 0.25) is 0 Å². The summed E-state index contributed by atoms with van der Waals surface area (Å²) in [4.78, 5) is 60.5. The van der Waals surface area contributed by atoms with E-state index in [9.17, 15) is 34.2 Å². The third-order valence-electron chi connectivity index (χ3n) is 4.87. The Bertz CT molecular complexity index is 669. The van der Waals surface area contributed by atoms with Crippen molar-refractivity contribution in [3.8, 4) is 0 Å². The van der Waals surface area contributed by atoms with Crippen molar-refractivity contribution < 1.29 is 39.3 Å². The number of nitrogens with zero attached hydrogens (tertiary/aromatic N) is 1. The number of carboxylic acid groups (broad SMARTS) is 2. The molecule has 3 amide bonds. The summed E-state index contributed by atoms with van der Waals surface area (Å²) in [6.45, 7) is 2.74. The van der Waals surface area contributed by atoms with Gasteiger partial charge in [-0.1, -0.05) is 13.8 Å². The number of likely N-dealkylation sites (tertiary alicyclic amines) is 1. The predicted molar refractivity (Wildman–Crippen MR) is 103 cm³/mol. The second-order valence-electron chi connectivity index (χ2n) is 7.54. The molecule has 30 heavy (non-hydrogen) atoms. The van der Waals surface area contributed by atoms with E-state index in [1.807, 2.05) is 0 Å². The van der Waals surface area contributed by atoms with Crippen LogP contribution in [-0.2, 0) is 24.0 Å². The van der Waals surface area contributed by atoms with Crippen molar-refractivity contribution in [2.45, 2.75) is 63.7 Å². The molecule has 1 fully saturated rings. The third-order valence-corrected chi connectivity index (χ3v) is 4.87. The highest BCUT2D eigenvalue weighted by Gasteiger charge is 2.38. The molecular formula is C18H30N4O8. The summed E-state index contributed by atoms with van der Waals surface area (Å²) in [6, 6.07) is -4.61. The zero-order valence-corrected chi connectivity index (χ0v) is 17.0. The van der Waals surface area contributed by atoms with Gasteiger partial charge in [0.05, 0.1) is 12.6 Å². The number of rotatable bonds is 11. The highest BCUT2D eigenvalue weighted by atomic mass is 16.4. The van der Waals surface area contributed by atoms with Crippen molar-refractivity contribution in [2.75, 3.05) is 13.2 Å². The molecule has 0 aliphatic carbocycles. The number of carboxylic acids is 2. The van der Waals surface area contributed by atoms with Crippen molar-refractivity contribution in [3.63, 3.8) is 0 Å². The van der Waals surface area contributed by atoms with Gasteiger partial charge >= 0.3 is 11.9 Å². The van der Waals surface area contributed by atoms with E-state index in [0.29, 0.717) is 6.42 Å². The number of amides is 3. The predicted octanol–water partition coefficient (Wildman–Crippen LogP) is -2.13. The summed E-state index contributed by atoms with van der Waals surface area (Å²) in [6.07, 6.45) is 0.353. The number of nitrogens with two attached hydrogens (primary N) is 1. The molecule has 4 atom stereocenters. The molecule has 1 saturated heterocycles. The first kappa shape index (κ1) is 25.3. The number of hydrogen-bond donors (Lipinski definition) is 6. The Hall–Kier alpha value is -2.73. The fourth-order valence-corrected chi connectivity index (χ4v) is 3.14. The van der Waals surface area contributed by atoms with Crippen molar-refractivity contribution in [3.05, 3.63) is 0 Å². The Morgan fingerprint density at radius 3 is 2.23 bits per heavy atom.